The van der Waals surface area contributed by atoms with Gasteiger partial charge in [-0.3, -0.25) is 0 Å². The predicted molar refractivity (Wildman–Crippen MR) is 58.3 cm³/mol. The monoisotopic (exact) mass is 209 g/mol. The lowest BCUT2D eigenvalue weighted by Gasteiger charge is -2.23. The van der Waals surface area contributed by atoms with Crippen molar-refractivity contribution in [1.82, 2.24) is 10.3 Å². The highest BCUT2D eigenvalue weighted by molar-refractivity contribution is 5.33. The van der Waals surface area contributed by atoms with Crippen molar-refractivity contribution in [1.29, 1.82) is 0 Å². The fraction of sp³-hybridized carbons (Fsp3) is 0.545. The zero-order chi connectivity index (χ0) is 10.5. The second-order valence-corrected chi connectivity index (χ2v) is 3.95. The van der Waals surface area contributed by atoms with Crippen LogP contribution in [-0.4, -0.2) is 24.6 Å². The summed E-state index contributed by atoms with van der Waals surface area (Å²) in [6.45, 7) is 3.10. The summed E-state index contributed by atoms with van der Waals surface area (Å²) in [5.41, 5.74) is 0. The van der Waals surface area contributed by atoms with E-state index in [-0.39, 0.29) is 5.82 Å². The Labute approximate surface area is 89.1 Å². The van der Waals surface area contributed by atoms with Crippen LogP contribution in [0.4, 0.5) is 10.2 Å². The molecule has 4 heteroatoms. The molecule has 0 spiro atoms. The van der Waals surface area contributed by atoms with Crippen LogP contribution >= 0.6 is 0 Å². The Balaban J connectivity index is 1.79. The van der Waals surface area contributed by atoms with E-state index in [1.807, 2.05) is 0 Å². The Bertz CT molecular complexity index is 293. The van der Waals surface area contributed by atoms with Gasteiger partial charge < -0.3 is 10.6 Å². The molecule has 1 aromatic rings. The predicted octanol–water partition coefficient (Wildman–Crippen LogP) is 1.63. The average Bonchev–Trinajstić information content (AvgIpc) is 2.30. The molecule has 0 amide bonds. The van der Waals surface area contributed by atoms with Crippen molar-refractivity contribution < 1.29 is 4.39 Å². The first-order valence-corrected chi connectivity index (χ1v) is 5.41. The SMILES string of the molecule is Fc1ccc(NCC2CCCNC2)nc1. The topological polar surface area (TPSA) is 37.0 Å². The molecule has 1 saturated heterocycles. The summed E-state index contributed by atoms with van der Waals surface area (Å²) < 4.78 is 12.6. The maximum Gasteiger partial charge on any atom is 0.141 e. The van der Waals surface area contributed by atoms with Crippen LogP contribution in [0.5, 0.6) is 0 Å². The van der Waals surface area contributed by atoms with Gasteiger partial charge in [-0.15, -0.1) is 0 Å². The smallest absolute Gasteiger partial charge is 0.141 e. The number of anilines is 1. The van der Waals surface area contributed by atoms with E-state index in [1.54, 1.807) is 6.07 Å². The van der Waals surface area contributed by atoms with E-state index in [1.165, 1.54) is 25.1 Å². The summed E-state index contributed by atoms with van der Waals surface area (Å²) >= 11 is 0. The second-order valence-electron chi connectivity index (χ2n) is 3.95. The van der Waals surface area contributed by atoms with E-state index < -0.39 is 0 Å². The van der Waals surface area contributed by atoms with E-state index >= 15 is 0 Å². The highest BCUT2D eigenvalue weighted by Crippen LogP contribution is 2.11. The van der Waals surface area contributed by atoms with Crippen molar-refractivity contribution >= 4 is 5.82 Å². The summed E-state index contributed by atoms with van der Waals surface area (Å²) in [4.78, 5) is 3.96. The van der Waals surface area contributed by atoms with Gasteiger partial charge in [0.15, 0.2) is 0 Å². The first-order chi connectivity index (χ1) is 7.34. The quantitative estimate of drug-likeness (QED) is 0.794. The van der Waals surface area contributed by atoms with Gasteiger partial charge in [0, 0.05) is 6.54 Å². The summed E-state index contributed by atoms with van der Waals surface area (Å²) in [5.74, 6) is 1.12. The molecule has 0 bridgehead atoms. The Morgan fingerprint density at radius 1 is 1.53 bits per heavy atom. The highest BCUT2D eigenvalue weighted by Gasteiger charge is 2.12. The van der Waals surface area contributed by atoms with Crippen molar-refractivity contribution in [2.75, 3.05) is 25.0 Å². The molecule has 1 aliphatic heterocycles. The number of nitrogens with one attached hydrogen (secondary N) is 2. The van der Waals surface area contributed by atoms with Crippen LogP contribution in [-0.2, 0) is 0 Å². The first kappa shape index (κ1) is 10.4. The van der Waals surface area contributed by atoms with Gasteiger partial charge in [0.25, 0.3) is 0 Å². The molecule has 0 aliphatic carbocycles. The Morgan fingerprint density at radius 3 is 3.13 bits per heavy atom. The molecular formula is C11H16FN3. The molecule has 0 saturated carbocycles. The van der Waals surface area contributed by atoms with Gasteiger partial charge in [-0.05, 0) is 44.0 Å². The van der Waals surface area contributed by atoms with Crippen LogP contribution < -0.4 is 10.6 Å². The second kappa shape index (κ2) is 5.07. The Kier molecular flexibility index (Phi) is 3.50. The lowest BCUT2D eigenvalue weighted by molar-refractivity contribution is 0.392. The number of piperidine rings is 1. The van der Waals surface area contributed by atoms with Gasteiger partial charge in [0.2, 0.25) is 0 Å². The van der Waals surface area contributed by atoms with Crippen molar-refractivity contribution in [3.8, 4) is 0 Å². The van der Waals surface area contributed by atoms with Crippen LogP contribution in [0.3, 0.4) is 0 Å². The molecule has 3 nitrogen and oxygen atoms in total. The lowest BCUT2D eigenvalue weighted by atomic mass is 10.00. The maximum atomic E-state index is 12.6. The Hall–Kier alpha value is -1.16. The fourth-order valence-electron chi connectivity index (χ4n) is 1.83. The summed E-state index contributed by atoms with van der Waals surface area (Å²) in [6, 6.07) is 3.10. The van der Waals surface area contributed by atoms with Crippen LogP contribution in [0.2, 0.25) is 0 Å². The molecule has 1 unspecified atom stereocenters. The molecule has 1 fully saturated rings. The zero-order valence-corrected chi connectivity index (χ0v) is 8.67. The Morgan fingerprint density at radius 2 is 2.47 bits per heavy atom. The molecule has 2 rings (SSSR count). The van der Waals surface area contributed by atoms with Crippen LogP contribution in [0.25, 0.3) is 0 Å². The molecule has 82 valence electrons. The van der Waals surface area contributed by atoms with Crippen molar-refractivity contribution in [2.24, 2.45) is 5.92 Å². The largest absolute Gasteiger partial charge is 0.370 e. The molecule has 0 aromatic carbocycles. The van der Waals surface area contributed by atoms with E-state index in [0.717, 1.165) is 25.5 Å². The molecule has 1 aliphatic rings. The standard InChI is InChI=1S/C11H16FN3/c12-10-3-4-11(15-8-10)14-7-9-2-1-5-13-6-9/h3-4,8-9,13H,1-2,5-7H2,(H,14,15). The third kappa shape index (κ3) is 3.16. The molecule has 2 heterocycles. The van der Waals surface area contributed by atoms with Gasteiger partial charge in [-0.2, -0.15) is 0 Å². The molecule has 1 atom stereocenters. The van der Waals surface area contributed by atoms with Gasteiger partial charge in [0.1, 0.15) is 11.6 Å². The van der Waals surface area contributed by atoms with E-state index in [0.29, 0.717) is 5.92 Å². The number of hydrogen-bond donors (Lipinski definition) is 2. The average molecular weight is 209 g/mol. The molecular weight excluding hydrogens is 193 g/mol. The van der Waals surface area contributed by atoms with Gasteiger partial charge in [0.05, 0.1) is 6.20 Å². The number of aromatic nitrogens is 1. The maximum absolute atomic E-state index is 12.6. The van der Waals surface area contributed by atoms with Gasteiger partial charge in [-0.25, -0.2) is 9.37 Å². The summed E-state index contributed by atoms with van der Waals surface area (Å²) in [5, 5.41) is 6.58. The summed E-state index contributed by atoms with van der Waals surface area (Å²) in [6.07, 6.45) is 3.73. The van der Waals surface area contributed by atoms with E-state index in [4.69, 9.17) is 0 Å². The minimum absolute atomic E-state index is 0.292. The van der Waals surface area contributed by atoms with Crippen LogP contribution in [0.15, 0.2) is 18.3 Å². The fourth-order valence-corrected chi connectivity index (χ4v) is 1.83. The van der Waals surface area contributed by atoms with Crippen LogP contribution in [0.1, 0.15) is 12.8 Å². The lowest BCUT2D eigenvalue weighted by Crippen LogP contribution is -2.33. The molecule has 2 N–H and O–H groups in total. The van der Waals surface area contributed by atoms with Crippen LogP contribution in [0, 0.1) is 11.7 Å². The van der Waals surface area contributed by atoms with Crippen molar-refractivity contribution in [2.45, 2.75) is 12.8 Å². The van der Waals surface area contributed by atoms with Gasteiger partial charge >= 0.3 is 0 Å². The van der Waals surface area contributed by atoms with Crippen molar-refractivity contribution in [3.63, 3.8) is 0 Å². The first-order valence-electron chi connectivity index (χ1n) is 5.41. The highest BCUT2D eigenvalue weighted by atomic mass is 19.1. The number of hydrogen-bond acceptors (Lipinski definition) is 3. The number of nitrogens with zero attached hydrogens (tertiary/aromatic N) is 1. The number of halogens is 1. The minimum Gasteiger partial charge on any atom is -0.370 e. The minimum atomic E-state index is -0.292. The van der Waals surface area contributed by atoms with E-state index in [2.05, 4.69) is 15.6 Å². The third-order valence-corrected chi connectivity index (χ3v) is 2.70. The zero-order valence-electron chi connectivity index (χ0n) is 8.67. The van der Waals surface area contributed by atoms with E-state index in [9.17, 15) is 4.39 Å². The normalized spacial score (nSPS) is 21.3. The number of rotatable bonds is 3. The van der Waals surface area contributed by atoms with Crippen molar-refractivity contribution in [3.05, 3.63) is 24.1 Å². The summed E-state index contributed by atoms with van der Waals surface area (Å²) in [7, 11) is 0. The molecule has 15 heavy (non-hydrogen) atoms. The molecule has 1 aromatic heterocycles. The number of pyridine rings is 1. The molecule has 0 radical (unpaired) electrons. The third-order valence-electron chi connectivity index (χ3n) is 2.70. The van der Waals surface area contributed by atoms with Gasteiger partial charge in [-0.1, -0.05) is 0 Å².